The van der Waals surface area contributed by atoms with Crippen molar-refractivity contribution < 1.29 is 19.4 Å². The van der Waals surface area contributed by atoms with Crippen LogP contribution in [0.25, 0.3) is 0 Å². The Kier molecular flexibility index (Phi) is 6.17. The van der Waals surface area contributed by atoms with E-state index < -0.39 is 5.97 Å². The van der Waals surface area contributed by atoms with Crippen LogP contribution in [0, 0.1) is 11.8 Å². The molecule has 4 heteroatoms. The molecule has 0 radical (unpaired) electrons. The maximum atomic E-state index is 11.1. The molecule has 0 spiro atoms. The minimum Gasteiger partial charge on any atom is -0.478 e. The first-order valence-electron chi connectivity index (χ1n) is 6.11. The SMILES string of the molecule is CCOC(=O)CCCC#Cc1ccc(C(=O)O)cc1. The van der Waals surface area contributed by atoms with Gasteiger partial charge < -0.3 is 9.84 Å². The summed E-state index contributed by atoms with van der Waals surface area (Å²) in [5, 5.41) is 8.74. The Morgan fingerprint density at radius 1 is 1.26 bits per heavy atom. The number of hydrogen-bond donors (Lipinski definition) is 1. The highest BCUT2D eigenvalue weighted by molar-refractivity contribution is 5.87. The molecule has 0 atom stereocenters. The van der Waals surface area contributed by atoms with E-state index in [-0.39, 0.29) is 11.5 Å². The van der Waals surface area contributed by atoms with Gasteiger partial charge in [0.1, 0.15) is 0 Å². The first-order valence-corrected chi connectivity index (χ1v) is 6.11. The largest absolute Gasteiger partial charge is 0.478 e. The quantitative estimate of drug-likeness (QED) is 0.502. The summed E-state index contributed by atoms with van der Waals surface area (Å²) in [5.74, 6) is 4.72. The number of aromatic carboxylic acids is 1. The number of benzene rings is 1. The minimum atomic E-state index is -0.950. The molecule has 1 rings (SSSR count). The first kappa shape index (κ1) is 14.8. The van der Waals surface area contributed by atoms with Crippen LogP contribution in [-0.4, -0.2) is 23.7 Å². The molecule has 0 aliphatic heterocycles. The smallest absolute Gasteiger partial charge is 0.335 e. The lowest BCUT2D eigenvalue weighted by molar-refractivity contribution is -0.143. The lowest BCUT2D eigenvalue weighted by atomic mass is 10.1. The summed E-state index contributed by atoms with van der Waals surface area (Å²) in [6.07, 6.45) is 1.65. The van der Waals surface area contributed by atoms with Crippen LogP contribution in [0.15, 0.2) is 24.3 Å². The Morgan fingerprint density at radius 2 is 1.95 bits per heavy atom. The summed E-state index contributed by atoms with van der Waals surface area (Å²) in [6.45, 7) is 2.18. The number of rotatable bonds is 5. The standard InChI is InChI=1S/C15H16O4/c1-2-19-14(16)7-5-3-4-6-12-8-10-13(11-9-12)15(17)18/h8-11H,2-3,5,7H2,1H3,(H,17,18). The van der Waals surface area contributed by atoms with E-state index in [2.05, 4.69) is 11.8 Å². The molecule has 0 fully saturated rings. The predicted octanol–water partition coefficient (Wildman–Crippen LogP) is 2.47. The van der Waals surface area contributed by atoms with E-state index in [1.54, 1.807) is 19.1 Å². The van der Waals surface area contributed by atoms with Gasteiger partial charge in [-0.15, -0.1) is 0 Å². The Bertz CT molecular complexity index is 491. The highest BCUT2D eigenvalue weighted by atomic mass is 16.5. The maximum absolute atomic E-state index is 11.1. The van der Waals surface area contributed by atoms with Gasteiger partial charge >= 0.3 is 11.9 Å². The van der Waals surface area contributed by atoms with E-state index in [0.29, 0.717) is 25.9 Å². The summed E-state index contributed by atoms with van der Waals surface area (Å²) in [7, 11) is 0. The molecule has 0 aliphatic rings. The third-order valence-corrected chi connectivity index (χ3v) is 2.35. The summed E-state index contributed by atoms with van der Waals surface area (Å²) >= 11 is 0. The Morgan fingerprint density at radius 3 is 2.53 bits per heavy atom. The number of ether oxygens (including phenoxy) is 1. The zero-order valence-corrected chi connectivity index (χ0v) is 10.8. The van der Waals surface area contributed by atoms with Gasteiger partial charge in [0.05, 0.1) is 12.2 Å². The van der Waals surface area contributed by atoms with E-state index in [9.17, 15) is 9.59 Å². The molecule has 1 aromatic carbocycles. The molecule has 100 valence electrons. The first-order chi connectivity index (χ1) is 9.13. The zero-order valence-electron chi connectivity index (χ0n) is 10.8. The number of hydrogen-bond acceptors (Lipinski definition) is 3. The fraction of sp³-hybridized carbons (Fsp3) is 0.333. The summed E-state index contributed by atoms with van der Waals surface area (Å²) in [4.78, 5) is 21.7. The molecule has 0 saturated carbocycles. The molecule has 0 saturated heterocycles. The van der Waals surface area contributed by atoms with Crippen molar-refractivity contribution in [3.63, 3.8) is 0 Å². The molecule has 0 bridgehead atoms. The molecule has 0 unspecified atom stereocenters. The van der Waals surface area contributed by atoms with Crippen LogP contribution in [0.4, 0.5) is 0 Å². The van der Waals surface area contributed by atoms with Crippen LogP contribution < -0.4 is 0 Å². The maximum Gasteiger partial charge on any atom is 0.335 e. The van der Waals surface area contributed by atoms with Crippen molar-refractivity contribution in [3.8, 4) is 11.8 Å². The predicted molar refractivity (Wildman–Crippen MR) is 70.8 cm³/mol. The number of carboxylic acid groups (broad SMARTS) is 1. The van der Waals surface area contributed by atoms with Gasteiger partial charge in [-0.25, -0.2) is 4.79 Å². The number of carbonyl (C=O) groups excluding carboxylic acids is 1. The lowest BCUT2D eigenvalue weighted by Crippen LogP contribution is -2.02. The van der Waals surface area contributed by atoms with Crippen molar-refractivity contribution >= 4 is 11.9 Å². The Hall–Kier alpha value is -2.28. The second kappa shape index (κ2) is 7.93. The van der Waals surface area contributed by atoms with Gasteiger partial charge in [-0.1, -0.05) is 11.8 Å². The van der Waals surface area contributed by atoms with E-state index >= 15 is 0 Å². The number of esters is 1. The van der Waals surface area contributed by atoms with Crippen molar-refractivity contribution in [3.05, 3.63) is 35.4 Å². The summed E-state index contributed by atoms with van der Waals surface area (Å²) in [6, 6.07) is 6.37. The highest BCUT2D eigenvalue weighted by Gasteiger charge is 2.00. The number of unbranched alkanes of at least 4 members (excludes halogenated alkanes) is 1. The second-order valence-electron chi connectivity index (χ2n) is 3.84. The number of carbonyl (C=O) groups is 2. The Balaban J connectivity index is 2.37. The monoisotopic (exact) mass is 260 g/mol. The van der Waals surface area contributed by atoms with Crippen LogP contribution in [0.1, 0.15) is 42.1 Å². The normalized spacial score (nSPS) is 9.32. The van der Waals surface area contributed by atoms with E-state index in [4.69, 9.17) is 9.84 Å². The lowest BCUT2D eigenvalue weighted by Gasteiger charge is -1.98. The molecular weight excluding hydrogens is 244 g/mol. The van der Waals surface area contributed by atoms with Gasteiger partial charge in [0, 0.05) is 18.4 Å². The van der Waals surface area contributed by atoms with E-state index in [1.165, 1.54) is 12.1 Å². The molecular formula is C15H16O4. The summed E-state index contributed by atoms with van der Waals surface area (Å²) in [5.41, 5.74) is 1.01. The van der Waals surface area contributed by atoms with Crippen molar-refractivity contribution in [1.82, 2.24) is 0 Å². The van der Waals surface area contributed by atoms with Gasteiger partial charge in [-0.2, -0.15) is 0 Å². The molecule has 1 N–H and O–H groups in total. The van der Waals surface area contributed by atoms with Crippen molar-refractivity contribution in [1.29, 1.82) is 0 Å². The third-order valence-electron chi connectivity index (χ3n) is 2.35. The van der Waals surface area contributed by atoms with Gasteiger partial charge in [0.2, 0.25) is 0 Å². The minimum absolute atomic E-state index is 0.199. The molecule has 4 nitrogen and oxygen atoms in total. The Labute approximate surface area is 112 Å². The third kappa shape index (κ3) is 5.73. The average Bonchev–Trinajstić information content (AvgIpc) is 2.39. The van der Waals surface area contributed by atoms with E-state index in [1.807, 2.05) is 0 Å². The van der Waals surface area contributed by atoms with Crippen molar-refractivity contribution in [2.75, 3.05) is 6.61 Å². The second-order valence-corrected chi connectivity index (χ2v) is 3.84. The van der Waals surface area contributed by atoms with Crippen molar-refractivity contribution in [2.45, 2.75) is 26.2 Å². The van der Waals surface area contributed by atoms with Gasteiger partial charge in [0.25, 0.3) is 0 Å². The average molecular weight is 260 g/mol. The van der Waals surface area contributed by atoms with Crippen LogP contribution in [0.5, 0.6) is 0 Å². The molecule has 1 aromatic rings. The zero-order chi connectivity index (χ0) is 14.1. The van der Waals surface area contributed by atoms with Gasteiger partial charge in [-0.05, 0) is 37.6 Å². The molecule has 19 heavy (non-hydrogen) atoms. The fourth-order valence-electron chi connectivity index (χ4n) is 1.41. The van der Waals surface area contributed by atoms with Gasteiger partial charge in [-0.3, -0.25) is 4.79 Å². The molecule has 0 aromatic heterocycles. The molecule has 0 amide bonds. The highest BCUT2D eigenvalue weighted by Crippen LogP contribution is 2.03. The summed E-state index contributed by atoms with van der Waals surface area (Å²) < 4.78 is 4.80. The van der Waals surface area contributed by atoms with Crippen molar-refractivity contribution in [2.24, 2.45) is 0 Å². The topological polar surface area (TPSA) is 63.6 Å². The fourth-order valence-corrected chi connectivity index (χ4v) is 1.41. The molecule has 0 heterocycles. The van der Waals surface area contributed by atoms with Crippen LogP contribution >= 0.6 is 0 Å². The van der Waals surface area contributed by atoms with E-state index in [0.717, 1.165) is 5.56 Å². The van der Waals surface area contributed by atoms with Crippen LogP contribution in [0.2, 0.25) is 0 Å². The molecule has 0 aliphatic carbocycles. The van der Waals surface area contributed by atoms with Crippen LogP contribution in [-0.2, 0) is 9.53 Å². The van der Waals surface area contributed by atoms with Crippen LogP contribution in [0.3, 0.4) is 0 Å². The van der Waals surface area contributed by atoms with Gasteiger partial charge in [0.15, 0.2) is 0 Å². The number of carboxylic acids is 1.